The summed E-state index contributed by atoms with van der Waals surface area (Å²) in [6.45, 7) is 4.72. The fourth-order valence-electron chi connectivity index (χ4n) is 2.39. The first-order chi connectivity index (χ1) is 9.06. The lowest BCUT2D eigenvalue weighted by atomic mass is 9.99. The molecule has 0 saturated carbocycles. The molecule has 0 spiro atoms. The van der Waals surface area contributed by atoms with Crippen molar-refractivity contribution in [1.82, 2.24) is 4.90 Å². The predicted octanol–water partition coefficient (Wildman–Crippen LogP) is 2.37. The van der Waals surface area contributed by atoms with Gasteiger partial charge in [-0.1, -0.05) is 18.5 Å². The number of carbonyl (C=O) groups is 1. The number of carboxylic acids is 1. The summed E-state index contributed by atoms with van der Waals surface area (Å²) in [4.78, 5) is 13.2. The maximum atomic E-state index is 11.0. The molecular formula is C14H18ClNO3. The highest BCUT2D eigenvalue weighted by atomic mass is 35.5. The number of hydrogen-bond acceptors (Lipinski definition) is 3. The molecule has 0 aromatic heterocycles. The molecule has 2 unspecified atom stereocenters. The molecule has 1 N–H and O–H groups in total. The quantitative estimate of drug-likeness (QED) is 0.901. The van der Waals surface area contributed by atoms with Gasteiger partial charge in [0.05, 0.1) is 5.92 Å². The van der Waals surface area contributed by atoms with Gasteiger partial charge in [-0.15, -0.1) is 0 Å². The van der Waals surface area contributed by atoms with Gasteiger partial charge in [-0.3, -0.25) is 9.69 Å². The molecule has 2 atom stereocenters. The van der Waals surface area contributed by atoms with Gasteiger partial charge in [0.15, 0.2) is 0 Å². The molecule has 4 nitrogen and oxygen atoms in total. The molecule has 1 heterocycles. The van der Waals surface area contributed by atoms with Crippen LogP contribution in [0.5, 0.6) is 5.75 Å². The highest BCUT2D eigenvalue weighted by Gasteiger charge is 2.34. The van der Waals surface area contributed by atoms with Crippen LogP contribution in [0.1, 0.15) is 6.92 Å². The molecule has 0 aliphatic carbocycles. The molecule has 5 heteroatoms. The molecule has 0 radical (unpaired) electrons. The Hall–Kier alpha value is -1.26. The number of benzene rings is 1. The Labute approximate surface area is 117 Å². The highest BCUT2D eigenvalue weighted by Crippen LogP contribution is 2.23. The van der Waals surface area contributed by atoms with Crippen molar-refractivity contribution in [1.29, 1.82) is 0 Å². The fourth-order valence-corrected chi connectivity index (χ4v) is 2.52. The van der Waals surface area contributed by atoms with E-state index in [9.17, 15) is 4.79 Å². The summed E-state index contributed by atoms with van der Waals surface area (Å²) in [5.41, 5.74) is 0. The third-order valence-corrected chi connectivity index (χ3v) is 3.75. The average molecular weight is 284 g/mol. The van der Waals surface area contributed by atoms with E-state index in [-0.39, 0.29) is 11.8 Å². The summed E-state index contributed by atoms with van der Waals surface area (Å²) in [5, 5.41) is 9.75. The standard InChI is InChI=1S/C14H18ClNO3/c1-10-8-16(9-13(10)14(17)18)6-7-19-12-4-2-11(15)3-5-12/h2-5,10,13H,6-9H2,1H3,(H,17,18). The number of nitrogens with zero attached hydrogens (tertiary/aromatic N) is 1. The SMILES string of the molecule is CC1CN(CCOc2ccc(Cl)cc2)CC1C(=O)O. The van der Waals surface area contributed by atoms with Crippen LogP contribution in [0.15, 0.2) is 24.3 Å². The second-order valence-electron chi connectivity index (χ2n) is 4.98. The predicted molar refractivity (Wildman–Crippen MR) is 73.7 cm³/mol. The van der Waals surface area contributed by atoms with Crippen LogP contribution in [0.4, 0.5) is 0 Å². The van der Waals surface area contributed by atoms with Crippen molar-refractivity contribution in [3.63, 3.8) is 0 Å². The lowest BCUT2D eigenvalue weighted by molar-refractivity contribution is -0.142. The van der Waals surface area contributed by atoms with Crippen LogP contribution >= 0.6 is 11.6 Å². The summed E-state index contributed by atoms with van der Waals surface area (Å²) in [7, 11) is 0. The topological polar surface area (TPSA) is 49.8 Å². The Bertz CT molecular complexity index is 435. The molecule has 1 aliphatic heterocycles. The zero-order valence-corrected chi connectivity index (χ0v) is 11.6. The maximum absolute atomic E-state index is 11.0. The Morgan fingerprint density at radius 3 is 2.68 bits per heavy atom. The molecule has 1 aliphatic rings. The van der Waals surface area contributed by atoms with Crippen LogP contribution in [-0.2, 0) is 4.79 Å². The Kier molecular flexibility index (Phi) is 4.66. The normalized spacial score (nSPS) is 23.5. The number of carboxylic acid groups (broad SMARTS) is 1. The van der Waals surface area contributed by atoms with Gasteiger partial charge in [0.1, 0.15) is 12.4 Å². The first-order valence-corrected chi connectivity index (χ1v) is 6.77. The minimum absolute atomic E-state index is 0.202. The minimum Gasteiger partial charge on any atom is -0.492 e. The number of halogens is 1. The van der Waals surface area contributed by atoms with Crippen LogP contribution in [0.2, 0.25) is 5.02 Å². The first kappa shape index (κ1) is 14.2. The Balaban J connectivity index is 1.75. The van der Waals surface area contributed by atoms with Gasteiger partial charge in [-0.25, -0.2) is 0 Å². The fraction of sp³-hybridized carbons (Fsp3) is 0.500. The second-order valence-corrected chi connectivity index (χ2v) is 5.42. The van der Waals surface area contributed by atoms with Gasteiger partial charge in [-0.2, -0.15) is 0 Å². The number of likely N-dealkylation sites (tertiary alicyclic amines) is 1. The van der Waals surface area contributed by atoms with Gasteiger partial charge in [0.25, 0.3) is 0 Å². The molecule has 1 aromatic carbocycles. The summed E-state index contributed by atoms with van der Waals surface area (Å²) in [6, 6.07) is 7.23. The number of hydrogen-bond donors (Lipinski definition) is 1. The summed E-state index contributed by atoms with van der Waals surface area (Å²) < 4.78 is 5.61. The zero-order chi connectivity index (χ0) is 13.8. The van der Waals surface area contributed by atoms with Crippen molar-refractivity contribution in [2.45, 2.75) is 6.92 Å². The van der Waals surface area contributed by atoms with Gasteiger partial charge in [0.2, 0.25) is 0 Å². The minimum atomic E-state index is -0.700. The van der Waals surface area contributed by atoms with Crippen LogP contribution in [0.3, 0.4) is 0 Å². The monoisotopic (exact) mass is 283 g/mol. The van der Waals surface area contributed by atoms with E-state index in [1.165, 1.54) is 0 Å². The van der Waals surface area contributed by atoms with Crippen LogP contribution in [0.25, 0.3) is 0 Å². The molecular weight excluding hydrogens is 266 g/mol. The first-order valence-electron chi connectivity index (χ1n) is 6.40. The van der Waals surface area contributed by atoms with Crippen molar-refractivity contribution in [2.75, 3.05) is 26.2 Å². The van der Waals surface area contributed by atoms with Gasteiger partial charge < -0.3 is 9.84 Å². The van der Waals surface area contributed by atoms with E-state index in [1.807, 2.05) is 19.1 Å². The molecule has 104 valence electrons. The average Bonchev–Trinajstić information content (AvgIpc) is 2.73. The summed E-state index contributed by atoms with van der Waals surface area (Å²) in [5.74, 6) is 0.0311. The van der Waals surface area contributed by atoms with Gasteiger partial charge in [-0.05, 0) is 30.2 Å². The van der Waals surface area contributed by atoms with Crippen LogP contribution < -0.4 is 4.74 Å². The lowest BCUT2D eigenvalue weighted by Crippen LogP contribution is -2.27. The molecule has 19 heavy (non-hydrogen) atoms. The molecule has 2 rings (SSSR count). The summed E-state index contributed by atoms with van der Waals surface area (Å²) >= 11 is 5.79. The Morgan fingerprint density at radius 2 is 2.11 bits per heavy atom. The van der Waals surface area contributed by atoms with Crippen molar-refractivity contribution in [2.24, 2.45) is 11.8 Å². The smallest absolute Gasteiger partial charge is 0.308 e. The highest BCUT2D eigenvalue weighted by molar-refractivity contribution is 6.30. The van der Waals surface area contributed by atoms with Crippen molar-refractivity contribution < 1.29 is 14.6 Å². The molecule has 1 saturated heterocycles. The van der Waals surface area contributed by atoms with Crippen molar-refractivity contribution >= 4 is 17.6 Å². The Morgan fingerprint density at radius 1 is 1.42 bits per heavy atom. The van der Waals surface area contributed by atoms with Gasteiger partial charge in [0, 0.05) is 24.7 Å². The third kappa shape index (κ3) is 3.85. The van der Waals surface area contributed by atoms with E-state index >= 15 is 0 Å². The lowest BCUT2D eigenvalue weighted by Gasteiger charge is -2.15. The zero-order valence-electron chi connectivity index (χ0n) is 10.9. The van der Waals surface area contributed by atoms with E-state index in [0.717, 1.165) is 18.8 Å². The van der Waals surface area contributed by atoms with E-state index in [2.05, 4.69) is 4.90 Å². The second kappa shape index (κ2) is 6.26. The largest absolute Gasteiger partial charge is 0.492 e. The van der Waals surface area contributed by atoms with E-state index in [4.69, 9.17) is 21.4 Å². The molecule has 1 fully saturated rings. The number of ether oxygens (including phenoxy) is 1. The van der Waals surface area contributed by atoms with Crippen LogP contribution in [-0.4, -0.2) is 42.2 Å². The van der Waals surface area contributed by atoms with E-state index in [1.54, 1.807) is 12.1 Å². The number of aliphatic carboxylic acids is 1. The summed E-state index contributed by atoms with van der Waals surface area (Å²) in [6.07, 6.45) is 0. The molecule has 1 aromatic rings. The van der Waals surface area contributed by atoms with E-state index < -0.39 is 5.97 Å². The molecule has 0 bridgehead atoms. The van der Waals surface area contributed by atoms with Crippen LogP contribution in [0, 0.1) is 11.8 Å². The van der Waals surface area contributed by atoms with Gasteiger partial charge >= 0.3 is 5.97 Å². The number of rotatable bonds is 5. The molecule has 0 amide bonds. The third-order valence-electron chi connectivity index (χ3n) is 3.50. The maximum Gasteiger partial charge on any atom is 0.308 e. The van der Waals surface area contributed by atoms with Crippen molar-refractivity contribution in [3.05, 3.63) is 29.3 Å². The van der Waals surface area contributed by atoms with E-state index in [0.29, 0.717) is 18.2 Å². The van der Waals surface area contributed by atoms with Crippen molar-refractivity contribution in [3.8, 4) is 5.75 Å².